The van der Waals surface area contributed by atoms with Crippen molar-refractivity contribution in [3.63, 3.8) is 0 Å². The van der Waals surface area contributed by atoms with Crippen molar-refractivity contribution in [3.05, 3.63) is 22.2 Å². The minimum Gasteiger partial charge on any atom is -0.410 e. The molecule has 0 saturated heterocycles. The molecule has 0 radical (unpaired) electrons. The molecule has 4 nitrogen and oxygen atoms in total. The molecular formula is C13H18BCl2NO3. The summed E-state index contributed by atoms with van der Waals surface area (Å²) in [6.07, 6.45) is 0. The number of anilines is 1. The zero-order valence-electron chi connectivity index (χ0n) is 12.2. The Bertz CT molecular complexity index is 499. The van der Waals surface area contributed by atoms with Crippen molar-refractivity contribution >= 4 is 47.4 Å². The first kappa shape index (κ1) is 17.3. The lowest BCUT2D eigenvalue weighted by Crippen LogP contribution is -2.39. The molecule has 20 heavy (non-hydrogen) atoms. The van der Waals surface area contributed by atoms with Crippen LogP contribution in [0.3, 0.4) is 0 Å². The summed E-state index contributed by atoms with van der Waals surface area (Å²) in [5, 5.41) is 3.41. The average Bonchev–Trinajstić information content (AvgIpc) is 2.37. The van der Waals surface area contributed by atoms with Gasteiger partial charge in [0, 0.05) is 25.1 Å². The van der Waals surface area contributed by atoms with Crippen molar-refractivity contribution in [2.45, 2.75) is 20.8 Å². The van der Waals surface area contributed by atoms with Gasteiger partial charge in [0.15, 0.2) is 0 Å². The Morgan fingerprint density at radius 1 is 1.20 bits per heavy atom. The standard InChI is InChI=1S/C13H18BCl2NO3/c1-13(2,3)12(18)17-11-8(14(19-4)20-5)6-7-9(15)10(11)16/h6-7H,1-5H3,(H,17,18). The molecule has 0 spiro atoms. The second-order valence-corrected chi connectivity index (χ2v) is 6.12. The maximum atomic E-state index is 12.2. The lowest BCUT2D eigenvalue weighted by molar-refractivity contribution is -0.123. The smallest absolute Gasteiger partial charge is 0.410 e. The Morgan fingerprint density at radius 3 is 2.20 bits per heavy atom. The summed E-state index contributed by atoms with van der Waals surface area (Å²) in [7, 11) is 2.37. The molecule has 0 aliphatic heterocycles. The fourth-order valence-corrected chi connectivity index (χ4v) is 1.92. The molecule has 0 aliphatic carbocycles. The third-order valence-electron chi connectivity index (χ3n) is 2.73. The van der Waals surface area contributed by atoms with Gasteiger partial charge in [0.2, 0.25) is 5.91 Å². The highest BCUT2D eigenvalue weighted by Crippen LogP contribution is 2.30. The van der Waals surface area contributed by atoms with Gasteiger partial charge in [-0.3, -0.25) is 4.79 Å². The van der Waals surface area contributed by atoms with Gasteiger partial charge < -0.3 is 14.6 Å². The van der Waals surface area contributed by atoms with E-state index in [1.54, 1.807) is 12.1 Å². The predicted octanol–water partition coefficient (Wildman–Crippen LogP) is 2.97. The number of halogens is 2. The van der Waals surface area contributed by atoms with E-state index in [1.807, 2.05) is 20.8 Å². The van der Waals surface area contributed by atoms with Gasteiger partial charge in [0.25, 0.3) is 0 Å². The minimum absolute atomic E-state index is 0.172. The zero-order chi connectivity index (χ0) is 15.5. The van der Waals surface area contributed by atoms with E-state index in [2.05, 4.69) is 5.32 Å². The number of carbonyl (C=O) groups excluding carboxylic acids is 1. The number of benzene rings is 1. The lowest BCUT2D eigenvalue weighted by Gasteiger charge is -2.21. The van der Waals surface area contributed by atoms with E-state index in [0.717, 1.165) is 0 Å². The summed E-state index contributed by atoms with van der Waals surface area (Å²) >= 11 is 12.2. The van der Waals surface area contributed by atoms with E-state index in [4.69, 9.17) is 32.5 Å². The van der Waals surface area contributed by atoms with Gasteiger partial charge in [-0.15, -0.1) is 0 Å². The van der Waals surface area contributed by atoms with Gasteiger partial charge in [-0.25, -0.2) is 0 Å². The molecule has 7 heteroatoms. The van der Waals surface area contributed by atoms with Crippen LogP contribution >= 0.6 is 23.2 Å². The fourth-order valence-electron chi connectivity index (χ4n) is 1.54. The maximum absolute atomic E-state index is 12.2. The topological polar surface area (TPSA) is 47.6 Å². The van der Waals surface area contributed by atoms with E-state index in [1.165, 1.54) is 14.2 Å². The molecule has 1 amide bonds. The maximum Gasteiger partial charge on any atom is 0.495 e. The molecule has 110 valence electrons. The highest BCUT2D eigenvalue weighted by Gasteiger charge is 2.28. The first-order valence-electron chi connectivity index (χ1n) is 6.07. The van der Waals surface area contributed by atoms with Crippen LogP contribution in [-0.4, -0.2) is 27.2 Å². The summed E-state index contributed by atoms with van der Waals surface area (Å²) in [6, 6.07) is 3.35. The van der Waals surface area contributed by atoms with Gasteiger partial charge >= 0.3 is 7.12 Å². The number of hydrogen-bond donors (Lipinski definition) is 1. The van der Waals surface area contributed by atoms with Crippen LogP contribution in [0.2, 0.25) is 10.0 Å². The molecule has 0 aromatic heterocycles. The molecular weight excluding hydrogens is 300 g/mol. The van der Waals surface area contributed by atoms with Crippen LogP contribution in [0, 0.1) is 5.41 Å². The average molecular weight is 318 g/mol. The Labute approximate surface area is 129 Å². The van der Waals surface area contributed by atoms with E-state index in [-0.39, 0.29) is 10.9 Å². The molecule has 1 rings (SSSR count). The van der Waals surface area contributed by atoms with Crippen molar-refractivity contribution in [2.24, 2.45) is 5.41 Å². The molecule has 0 saturated carbocycles. The monoisotopic (exact) mass is 317 g/mol. The van der Waals surface area contributed by atoms with Crippen molar-refractivity contribution in [3.8, 4) is 0 Å². The van der Waals surface area contributed by atoms with E-state index >= 15 is 0 Å². The lowest BCUT2D eigenvalue weighted by atomic mass is 9.77. The second-order valence-electron chi connectivity index (χ2n) is 5.33. The number of nitrogens with one attached hydrogen (secondary N) is 1. The number of carbonyl (C=O) groups is 1. The second kappa shape index (κ2) is 6.81. The van der Waals surface area contributed by atoms with Crippen molar-refractivity contribution in [2.75, 3.05) is 19.5 Å². The fraction of sp³-hybridized carbons (Fsp3) is 0.462. The SMILES string of the molecule is COB(OC)c1ccc(Cl)c(Cl)c1NC(=O)C(C)(C)C. The van der Waals surface area contributed by atoms with Crippen LogP contribution < -0.4 is 10.8 Å². The van der Waals surface area contributed by atoms with E-state index in [0.29, 0.717) is 16.2 Å². The molecule has 1 N–H and O–H groups in total. The third-order valence-corrected chi connectivity index (χ3v) is 3.53. The number of hydrogen-bond acceptors (Lipinski definition) is 3. The Hall–Kier alpha value is -0.745. The third kappa shape index (κ3) is 3.89. The van der Waals surface area contributed by atoms with Crippen LogP contribution in [0.25, 0.3) is 0 Å². The van der Waals surface area contributed by atoms with E-state index in [9.17, 15) is 4.79 Å². The molecule has 0 aliphatic rings. The molecule has 1 aromatic rings. The summed E-state index contributed by atoms with van der Waals surface area (Å²) in [4.78, 5) is 12.2. The van der Waals surface area contributed by atoms with Crippen LogP contribution in [0.15, 0.2) is 12.1 Å². The summed E-state index contributed by atoms with van der Waals surface area (Å²) in [6.45, 7) is 5.43. The molecule has 0 atom stereocenters. The zero-order valence-corrected chi connectivity index (χ0v) is 13.7. The van der Waals surface area contributed by atoms with Gasteiger partial charge in [0.1, 0.15) is 0 Å². The largest absolute Gasteiger partial charge is 0.495 e. The summed E-state index contributed by atoms with van der Waals surface area (Å²) in [5.74, 6) is -0.172. The summed E-state index contributed by atoms with van der Waals surface area (Å²) < 4.78 is 10.4. The minimum atomic E-state index is -0.639. The Balaban J connectivity index is 3.28. The number of rotatable bonds is 4. The number of amides is 1. The van der Waals surface area contributed by atoms with Crippen LogP contribution in [0.5, 0.6) is 0 Å². The Morgan fingerprint density at radius 2 is 1.75 bits per heavy atom. The first-order chi connectivity index (χ1) is 9.22. The highest BCUT2D eigenvalue weighted by molar-refractivity contribution is 6.64. The highest BCUT2D eigenvalue weighted by atomic mass is 35.5. The normalized spacial score (nSPS) is 11.3. The molecule has 0 unspecified atom stereocenters. The quantitative estimate of drug-likeness (QED) is 0.868. The molecule has 0 fully saturated rings. The molecule has 1 aromatic carbocycles. The van der Waals surface area contributed by atoms with Gasteiger partial charge in [-0.2, -0.15) is 0 Å². The van der Waals surface area contributed by atoms with Crippen LogP contribution in [0.1, 0.15) is 20.8 Å². The van der Waals surface area contributed by atoms with Crippen molar-refractivity contribution in [1.29, 1.82) is 0 Å². The Kier molecular flexibility index (Phi) is 5.89. The van der Waals surface area contributed by atoms with Crippen molar-refractivity contribution < 1.29 is 14.1 Å². The first-order valence-corrected chi connectivity index (χ1v) is 6.83. The van der Waals surface area contributed by atoms with Crippen LogP contribution in [-0.2, 0) is 14.1 Å². The van der Waals surface area contributed by atoms with Crippen LogP contribution in [0.4, 0.5) is 5.69 Å². The predicted molar refractivity (Wildman–Crippen MR) is 84.0 cm³/mol. The van der Waals surface area contributed by atoms with Gasteiger partial charge in [0.05, 0.1) is 15.7 Å². The molecule has 0 bridgehead atoms. The molecule has 0 heterocycles. The van der Waals surface area contributed by atoms with Crippen molar-refractivity contribution in [1.82, 2.24) is 0 Å². The van der Waals surface area contributed by atoms with Gasteiger partial charge in [-0.1, -0.05) is 50.0 Å². The van der Waals surface area contributed by atoms with Gasteiger partial charge in [-0.05, 0) is 6.07 Å². The summed E-state index contributed by atoms with van der Waals surface area (Å²) in [5.41, 5.74) is 0.466. The van der Waals surface area contributed by atoms with E-state index < -0.39 is 12.5 Å².